The monoisotopic (exact) mass is 318 g/mol. The van der Waals surface area contributed by atoms with Gasteiger partial charge in [0.2, 0.25) is 0 Å². The summed E-state index contributed by atoms with van der Waals surface area (Å²) in [7, 11) is 0. The van der Waals surface area contributed by atoms with Crippen LogP contribution in [0.3, 0.4) is 0 Å². The smallest absolute Gasteiger partial charge is 0.260 e. The fourth-order valence-electron chi connectivity index (χ4n) is 2.87. The molecule has 23 heavy (non-hydrogen) atoms. The number of ether oxygens (including phenoxy) is 1. The molecular weight excluding hydrogens is 288 g/mol. The average molecular weight is 318 g/mol. The fraction of sp³-hybridized carbons (Fsp3) is 0.632. The summed E-state index contributed by atoms with van der Waals surface area (Å²) in [6.45, 7) is 12.3. The Hall–Kier alpha value is -1.55. The Balaban J connectivity index is 1.90. The van der Waals surface area contributed by atoms with Crippen LogP contribution in [0.25, 0.3) is 0 Å². The van der Waals surface area contributed by atoms with Gasteiger partial charge in [0.25, 0.3) is 5.91 Å². The van der Waals surface area contributed by atoms with Crippen LogP contribution in [0.5, 0.6) is 5.75 Å². The fourth-order valence-corrected chi connectivity index (χ4v) is 2.87. The standard InChI is InChI=1S/C19H30N2O2/c1-18(2,3)14-6-8-15(9-7-14)23-12-17(22)21-11-10-16(20)19(4,5)13-21/h6-9,16H,10-13,20H2,1-5H3. The molecule has 1 atom stereocenters. The molecular formula is C19H30N2O2. The maximum Gasteiger partial charge on any atom is 0.260 e. The van der Waals surface area contributed by atoms with Gasteiger partial charge in [-0.3, -0.25) is 4.79 Å². The van der Waals surface area contributed by atoms with Crippen molar-refractivity contribution in [1.29, 1.82) is 0 Å². The molecule has 1 heterocycles. The molecule has 128 valence electrons. The number of piperidine rings is 1. The Kier molecular flexibility index (Phi) is 5.04. The van der Waals surface area contributed by atoms with Crippen molar-refractivity contribution in [2.75, 3.05) is 19.7 Å². The largest absolute Gasteiger partial charge is 0.484 e. The number of hydrogen-bond donors (Lipinski definition) is 1. The predicted molar refractivity (Wildman–Crippen MR) is 93.6 cm³/mol. The molecule has 1 aromatic carbocycles. The molecule has 1 aliphatic rings. The summed E-state index contributed by atoms with van der Waals surface area (Å²) >= 11 is 0. The summed E-state index contributed by atoms with van der Waals surface area (Å²) in [6, 6.07) is 8.14. The second-order valence-corrected chi connectivity index (χ2v) is 8.26. The third-order valence-electron chi connectivity index (χ3n) is 4.75. The first-order valence-corrected chi connectivity index (χ1v) is 8.36. The number of carbonyl (C=O) groups is 1. The van der Waals surface area contributed by atoms with Crippen LogP contribution in [0.2, 0.25) is 0 Å². The van der Waals surface area contributed by atoms with Gasteiger partial charge < -0.3 is 15.4 Å². The Morgan fingerprint density at radius 1 is 1.30 bits per heavy atom. The number of carbonyl (C=O) groups excluding carboxylic acids is 1. The lowest BCUT2D eigenvalue weighted by atomic mass is 9.80. The molecule has 4 heteroatoms. The van der Waals surface area contributed by atoms with Gasteiger partial charge in [-0.05, 0) is 34.9 Å². The molecule has 0 spiro atoms. The van der Waals surface area contributed by atoms with Crippen molar-refractivity contribution in [1.82, 2.24) is 4.90 Å². The normalized spacial score (nSPS) is 21.1. The molecule has 1 aliphatic heterocycles. The lowest BCUT2D eigenvalue weighted by molar-refractivity contribution is -0.136. The molecule has 1 fully saturated rings. The molecule has 0 saturated carbocycles. The van der Waals surface area contributed by atoms with E-state index < -0.39 is 0 Å². The number of rotatable bonds is 3. The topological polar surface area (TPSA) is 55.6 Å². The van der Waals surface area contributed by atoms with Gasteiger partial charge >= 0.3 is 0 Å². The Labute approximate surface area is 140 Å². The van der Waals surface area contributed by atoms with E-state index in [0.29, 0.717) is 6.54 Å². The molecule has 1 unspecified atom stereocenters. The highest BCUT2D eigenvalue weighted by molar-refractivity contribution is 5.78. The summed E-state index contributed by atoms with van der Waals surface area (Å²) < 4.78 is 5.66. The second-order valence-electron chi connectivity index (χ2n) is 8.26. The zero-order valence-corrected chi connectivity index (χ0v) is 15.1. The van der Waals surface area contributed by atoms with E-state index in [0.717, 1.165) is 18.7 Å². The summed E-state index contributed by atoms with van der Waals surface area (Å²) in [5, 5.41) is 0. The zero-order chi connectivity index (χ0) is 17.3. The quantitative estimate of drug-likeness (QED) is 0.932. The van der Waals surface area contributed by atoms with Crippen LogP contribution >= 0.6 is 0 Å². The van der Waals surface area contributed by atoms with Crippen LogP contribution in [-0.4, -0.2) is 36.5 Å². The van der Waals surface area contributed by atoms with E-state index >= 15 is 0 Å². The third kappa shape index (κ3) is 4.47. The Bertz CT molecular complexity index is 543. The van der Waals surface area contributed by atoms with E-state index in [-0.39, 0.29) is 29.4 Å². The molecule has 1 amide bonds. The average Bonchev–Trinajstić information content (AvgIpc) is 2.47. The van der Waals surface area contributed by atoms with Crippen LogP contribution in [0.1, 0.15) is 46.6 Å². The van der Waals surface area contributed by atoms with Gasteiger partial charge in [0, 0.05) is 19.1 Å². The van der Waals surface area contributed by atoms with E-state index in [9.17, 15) is 4.79 Å². The van der Waals surface area contributed by atoms with Gasteiger partial charge in [0.05, 0.1) is 0 Å². The first-order valence-electron chi connectivity index (χ1n) is 8.36. The van der Waals surface area contributed by atoms with Crippen molar-refractivity contribution in [3.05, 3.63) is 29.8 Å². The number of benzene rings is 1. The van der Waals surface area contributed by atoms with Gasteiger partial charge in [-0.2, -0.15) is 0 Å². The molecule has 1 saturated heterocycles. The van der Waals surface area contributed by atoms with Crippen molar-refractivity contribution in [2.45, 2.75) is 52.5 Å². The van der Waals surface area contributed by atoms with E-state index in [2.05, 4.69) is 46.8 Å². The summed E-state index contributed by atoms with van der Waals surface area (Å²) in [6.07, 6.45) is 0.846. The molecule has 4 nitrogen and oxygen atoms in total. The highest BCUT2D eigenvalue weighted by Crippen LogP contribution is 2.28. The zero-order valence-electron chi connectivity index (χ0n) is 15.1. The van der Waals surface area contributed by atoms with Gasteiger partial charge in [0.15, 0.2) is 6.61 Å². The minimum atomic E-state index is -0.0394. The SMILES string of the molecule is CC(C)(C)c1ccc(OCC(=O)N2CCC(N)C(C)(C)C2)cc1. The second kappa shape index (κ2) is 6.52. The van der Waals surface area contributed by atoms with Crippen LogP contribution in [-0.2, 0) is 10.2 Å². The van der Waals surface area contributed by atoms with Crippen LogP contribution in [0.15, 0.2) is 24.3 Å². The van der Waals surface area contributed by atoms with Gasteiger partial charge in [-0.15, -0.1) is 0 Å². The lowest BCUT2D eigenvalue weighted by Gasteiger charge is -2.42. The molecule has 2 rings (SSSR count). The number of nitrogens with zero attached hydrogens (tertiary/aromatic N) is 1. The molecule has 2 N–H and O–H groups in total. The first-order chi connectivity index (χ1) is 10.6. The highest BCUT2D eigenvalue weighted by atomic mass is 16.5. The molecule has 0 bridgehead atoms. The molecule has 1 aromatic rings. The van der Waals surface area contributed by atoms with Crippen LogP contribution < -0.4 is 10.5 Å². The van der Waals surface area contributed by atoms with Crippen molar-refractivity contribution >= 4 is 5.91 Å². The Morgan fingerprint density at radius 2 is 1.91 bits per heavy atom. The maximum absolute atomic E-state index is 12.4. The lowest BCUT2D eigenvalue weighted by Crippen LogP contribution is -2.54. The molecule has 0 aromatic heterocycles. The van der Waals surface area contributed by atoms with Crippen LogP contribution in [0.4, 0.5) is 0 Å². The number of hydrogen-bond acceptors (Lipinski definition) is 3. The number of nitrogens with two attached hydrogens (primary N) is 1. The minimum Gasteiger partial charge on any atom is -0.484 e. The van der Waals surface area contributed by atoms with Crippen molar-refractivity contribution in [3.63, 3.8) is 0 Å². The maximum atomic E-state index is 12.4. The predicted octanol–water partition coefficient (Wildman–Crippen LogP) is 2.95. The highest BCUT2D eigenvalue weighted by Gasteiger charge is 2.35. The third-order valence-corrected chi connectivity index (χ3v) is 4.75. The number of likely N-dealkylation sites (tertiary alicyclic amines) is 1. The Morgan fingerprint density at radius 3 is 2.43 bits per heavy atom. The van der Waals surface area contributed by atoms with E-state index in [1.165, 1.54) is 5.56 Å². The van der Waals surface area contributed by atoms with Crippen molar-refractivity contribution < 1.29 is 9.53 Å². The van der Waals surface area contributed by atoms with E-state index in [1.807, 2.05) is 17.0 Å². The van der Waals surface area contributed by atoms with Gasteiger partial charge in [-0.25, -0.2) is 0 Å². The van der Waals surface area contributed by atoms with E-state index in [4.69, 9.17) is 10.5 Å². The summed E-state index contributed by atoms with van der Waals surface area (Å²) in [4.78, 5) is 14.2. The minimum absolute atomic E-state index is 0.0323. The van der Waals surface area contributed by atoms with E-state index in [1.54, 1.807) is 0 Å². The van der Waals surface area contributed by atoms with Crippen LogP contribution in [0, 0.1) is 5.41 Å². The van der Waals surface area contributed by atoms with Crippen molar-refractivity contribution in [3.8, 4) is 5.75 Å². The number of amides is 1. The first kappa shape index (κ1) is 17.8. The van der Waals surface area contributed by atoms with Crippen molar-refractivity contribution in [2.24, 2.45) is 11.1 Å². The van der Waals surface area contributed by atoms with Gasteiger partial charge in [0.1, 0.15) is 5.75 Å². The summed E-state index contributed by atoms with van der Waals surface area (Å²) in [5.41, 5.74) is 7.45. The molecule has 0 radical (unpaired) electrons. The molecule has 0 aliphatic carbocycles. The van der Waals surface area contributed by atoms with Gasteiger partial charge in [-0.1, -0.05) is 46.8 Å². The summed E-state index contributed by atoms with van der Waals surface area (Å²) in [5.74, 6) is 0.768.